The van der Waals surface area contributed by atoms with Crippen molar-refractivity contribution in [3.63, 3.8) is 0 Å². The quantitative estimate of drug-likeness (QED) is 0.773. The highest BCUT2D eigenvalue weighted by atomic mass is 35.5. The van der Waals surface area contributed by atoms with Crippen LogP contribution in [0.4, 0.5) is 5.95 Å². The Morgan fingerprint density at radius 1 is 0.952 bits per heavy atom. The van der Waals surface area contributed by atoms with Crippen LogP contribution in [0.25, 0.3) is 11.1 Å². The molecule has 21 heavy (non-hydrogen) atoms. The minimum absolute atomic E-state index is 0.296. The van der Waals surface area contributed by atoms with Crippen LogP contribution < -0.4 is 4.90 Å². The van der Waals surface area contributed by atoms with Crippen LogP contribution in [-0.2, 0) is 4.74 Å². The van der Waals surface area contributed by atoms with Crippen molar-refractivity contribution >= 4 is 40.8 Å². The Hall–Kier alpha value is -1.07. The largest absolute Gasteiger partial charge is 0.378 e. The van der Waals surface area contributed by atoms with Gasteiger partial charge in [-0.15, -0.1) is 0 Å². The van der Waals surface area contributed by atoms with E-state index < -0.39 is 0 Å². The molecule has 2 heterocycles. The molecule has 1 saturated heterocycles. The van der Waals surface area contributed by atoms with Crippen molar-refractivity contribution < 1.29 is 4.74 Å². The number of halogens is 3. The number of hydrogen-bond donors (Lipinski definition) is 0. The molecule has 0 radical (unpaired) electrons. The predicted molar refractivity (Wildman–Crippen MR) is 85.5 cm³/mol. The predicted octanol–water partition coefficient (Wildman–Crippen LogP) is 3.94. The molecule has 110 valence electrons. The van der Waals surface area contributed by atoms with E-state index in [1.54, 1.807) is 6.07 Å². The highest BCUT2D eigenvalue weighted by Crippen LogP contribution is 2.37. The van der Waals surface area contributed by atoms with Crippen molar-refractivity contribution in [3.8, 4) is 11.1 Å². The molecular formula is C14H12Cl3N3O. The van der Waals surface area contributed by atoms with Crippen molar-refractivity contribution in [2.45, 2.75) is 0 Å². The van der Waals surface area contributed by atoms with E-state index in [2.05, 4.69) is 9.97 Å². The Morgan fingerprint density at radius 3 is 2.19 bits per heavy atom. The Balaban J connectivity index is 2.02. The molecule has 1 aromatic carbocycles. The lowest BCUT2D eigenvalue weighted by Gasteiger charge is -2.27. The Labute approximate surface area is 137 Å². The molecule has 1 aromatic heterocycles. The van der Waals surface area contributed by atoms with Gasteiger partial charge in [-0.2, -0.15) is 0 Å². The molecule has 0 aliphatic carbocycles. The van der Waals surface area contributed by atoms with Gasteiger partial charge >= 0.3 is 0 Å². The number of morpholine rings is 1. The van der Waals surface area contributed by atoms with Crippen LogP contribution >= 0.6 is 34.8 Å². The molecule has 0 N–H and O–H groups in total. The third-order valence-electron chi connectivity index (χ3n) is 3.25. The number of aromatic nitrogens is 2. The Morgan fingerprint density at radius 2 is 1.57 bits per heavy atom. The zero-order valence-corrected chi connectivity index (χ0v) is 13.3. The summed E-state index contributed by atoms with van der Waals surface area (Å²) >= 11 is 18.8. The maximum atomic E-state index is 6.31. The van der Waals surface area contributed by atoms with E-state index in [9.17, 15) is 0 Å². The van der Waals surface area contributed by atoms with Gasteiger partial charge in [-0.25, -0.2) is 9.97 Å². The summed E-state index contributed by atoms with van der Waals surface area (Å²) < 4.78 is 5.31. The van der Waals surface area contributed by atoms with E-state index in [4.69, 9.17) is 39.5 Å². The number of ether oxygens (including phenoxy) is 1. The average Bonchev–Trinajstić information content (AvgIpc) is 2.49. The molecule has 4 nitrogen and oxygen atoms in total. The molecule has 1 fully saturated rings. The summed E-state index contributed by atoms with van der Waals surface area (Å²) in [7, 11) is 0. The van der Waals surface area contributed by atoms with Crippen molar-refractivity contribution in [2.75, 3.05) is 31.2 Å². The highest BCUT2D eigenvalue weighted by molar-refractivity contribution is 6.40. The van der Waals surface area contributed by atoms with E-state index >= 15 is 0 Å². The molecule has 0 spiro atoms. The number of rotatable bonds is 2. The van der Waals surface area contributed by atoms with Gasteiger partial charge in [-0.1, -0.05) is 53.0 Å². The maximum Gasteiger partial charge on any atom is 0.228 e. The summed E-state index contributed by atoms with van der Waals surface area (Å²) in [4.78, 5) is 10.7. The molecule has 3 rings (SSSR count). The third kappa shape index (κ3) is 3.09. The van der Waals surface area contributed by atoms with E-state index in [0.717, 1.165) is 18.7 Å². The van der Waals surface area contributed by atoms with Gasteiger partial charge in [0.25, 0.3) is 0 Å². The van der Waals surface area contributed by atoms with Crippen molar-refractivity contribution in [2.24, 2.45) is 0 Å². The lowest BCUT2D eigenvalue weighted by molar-refractivity contribution is 0.122. The summed E-state index contributed by atoms with van der Waals surface area (Å²) in [5.74, 6) is 0.518. The van der Waals surface area contributed by atoms with Gasteiger partial charge in [0.2, 0.25) is 5.95 Å². The average molecular weight is 345 g/mol. The normalized spacial score (nSPS) is 15.3. The van der Waals surface area contributed by atoms with Crippen molar-refractivity contribution in [1.82, 2.24) is 9.97 Å². The molecular weight excluding hydrogens is 333 g/mol. The van der Waals surface area contributed by atoms with Crippen molar-refractivity contribution in [3.05, 3.63) is 39.6 Å². The summed E-state index contributed by atoms with van der Waals surface area (Å²) in [6, 6.07) is 7.33. The number of nitrogens with zero attached hydrogens (tertiary/aromatic N) is 3. The van der Waals surface area contributed by atoms with E-state index in [1.807, 2.05) is 23.1 Å². The molecule has 0 atom stereocenters. The first kappa shape index (κ1) is 14.9. The SMILES string of the molecule is Clc1ccccc1-c1c(Cl)nc(N2CCOCC2)nc1Cl. The monoisotopic (exact) mass is 343 g/mol. The zero-order valence-electron chi connectivity index (χ0n) is 11.0. The molecule has 0 saturated carbocycles. The van der Waals surface area contributed by atoms with Gasteiger partial charge in [0.1, 0.15) is 10.3 Å². The van der Waals surface area contributed by atoms with Crippen LogP contribution in [0.15, 0.2) is 24.3 Å². The highest BCUT2D eigenvalue weighted by Gasteiger charge is 2.20. The van der Waals surface area contributed by atoms with E-state index in [1.165, 1.54) is 0 Å². The van der Waals surface area contributed by atoms with E-state index in [0.29, 0.717) is 40.1 Å². The number of hydrogen-bond acceptors (Lipinski definition) is 4. The molecule has 0 bridgehead atoms. The fourth-order valence-corrected chi connectivity index (χ4v) is 3.00. The molecule has 0 amide bonds. The summed E-state index contributed by atoms with van der Waals surface area (Å²) in [5, 5.41) is 1.15. The van der Waals surface area contributed by atoms with Crippen LogP contribution in [0, 0.1) is 0 Å². The second-order valence-corrected chi connectivity index (χ2v) is 5.68. The topological polar surface area (TPSA) is 38.2 Å². The van der Waals surface area contributed by atoms with Crippen LogP contribution in [0.3, 0.4) is 0 Å². The van der Waals surface area contributed by atoms with E-state index in [-0.39, 0.29) is 0 Å². The molecule has 1 aliphatic heterocycles. The maximum absolute atomic E-state index is 6.31. The van der Waals surface area contributed by atoms with Gasteiger partial charge in [-0.05, 0) is 6.07 Å². The van der Waals surface area contributed by atoms with Gasteiger partial charge in [-0.3, -0.25) is 0 Å². The van der Waals surface area contributed by atoms with Crippen LogP contribution in [0.2, 0.25) is 15.3 Å². The molecule has 1 aliphatic rings. The summed E-state index contributed by atoms with van der Waals surface area (Å²) in [6.45, 7) is 2.73. The van der Waals surface area contributed by atoms with Crippen LogP contribution in [0.1, 0.15) is 0 Å². The number of benzene rings is 1. The Kier molecular flexibility index (Phi) is 4.50. The fraction of sp³-hybridized carbons (Fsp3) is 0.286. The lowest BCUT2D eigenvalue weighted by atomic mass is 10.1. The first-order chi connectivity index (χ1) is 10.2. The minimum atomic E-state index is 0.296. The van der Waals surface area contributed by atoms with Crippen LogP contribution in [-0.4, -0.2) is 36.3 Å². The third-order valence-corrected chi connectivity index (χ3v) is 4.12. The second kappa shape index (κ2) is 6.36. The van der Waals surface area contributed by atoms with Gasteiger partial charge in [0.05, 0.1) is 18.8 Å². The molecule has 0 unspecified atom stereocenters. The van der Waals surface area contributed by atoms with Crippen molar-refractivity contribution in [1.29, 1.82) is 0 Å². The number of anilines is 1. The summed E-state index contributed by atoms with van der Waals surface area (Å²) in [6.07, 6.45) is 0. The Bertz CT molecular complexity index is 637. The zero-order chi connectivity index (χ0) is 14.8. The smallest absolute Gasteiger partial charge is 0.228 e. The minimum Gasteiger partial charge on any atom is -0.378 e. The molecule has 7 heteroatoms. The first-order valence-corrected chi connectivity index (χ1v) is 7.61. The lowest BCUT2D eigenvalue weighted by Crippen LogP contribution is -2.37. The van der Waals surface area contributed by atoms with Gasteiger partial charge in [0, 0.05) is 23.7 Å². The van der Waals surface area contributed by atoms with Gasteiger partial charge < -0.3 is 9.64 Å². The summed E-state index contributed by atoms with van der Waals surface area (Å²) in [5.41, 5.74) is 1.28. The molecule has 2 aromatic rings. The second-order valence-electron chi connectivity index (χ2n) is 4.56. The van der Waals surface area contributed by atoms with Gasteiger partial charge in [0.15, 0.2) is 0 Å². The first-order valence-electron chi connectivity index (χ1n) is 6.47. The standard InChI is InChI=1S/C14H12Cl3N3O/c15-10-4-2-1-3-9(10)11-12(16)18-14(19-13(11)17)20-5-7-21-8-6-20/h1-4H,5-8H2. The fourth-order valence-electron chi connectivity index (χ4n) is 2.19. The van der Waals surface area contributed by atoms with Crippen LogP contribution in [0.5, 0.6) is 0 Å².